The van der Waals surface area contributed by atoms with Crippen LogP contribution in [-0.2, 0) is 22.6 Å². The van der Waals surface area contributed by atoms with E-state index < -0.39 is 18.3 Å². The molecule has 1 fully saturated rings. The van der Waals surface area contributed by atoms with Crippen LogP contribution >= 0.6 is 0 Å². The van der Waals surface area contributed by atoms with Crippen molar-refractivity contribution >= 4 is 22.9 Å². The van der Waals surface area contributed by atoms with E-state index in [1.807, 2.05) is 23.0 Å². The van der Waals surface area contributed by atoms with Gasteiger partial charge in [-0.25, -0.2) is 9.18 Å². The highest BCUT2D eigenvalue weighted by Crippen LogP contribution is 2.25. The molecule has 3 heterocycles. The number of benzene rings is 1. The zero-order chi connectivity index (χ0) is 23.5. The molecular weight excluding hydrogens is 430 g/mol. The van der Waals surface area contributed by atoms with Crippen LogP contribution in [0.15, 0.2) is 48.8 Å². The number of aliphatic carboxylic acids is 1. The van der Waals surface area contributed by atoms with E-state index in [4.69, 9.17) is 9.90 Å². The third kappa shape index (κ3) is 5.43. The number of aryl methyl sites for hydroxylation is 1. The lowest BCUT2D eigenvalue weighted by molar-refractivity contribution is -0.192. The monoisotopic (exact) mass is 451 g/mol. The lowest BCUT2D eigenvalue weighted by atomic mass is 10.0. The zero-order valence-corrected chi connectivity index (χ0v) is 17.1. The lowest BCUT2D eigenvalue weighted by Gasteiger charge is -2.34. The van der Waals surface area contributed by atoms with Crippen molar-refractivity contribution in [2.45, 2.75) is 32.2 Å². The van der Waals surface area contributed by atoms with E-state index in [2.05, 4.69) is 42.2 Å². The van der Waals surface area contributed by atoms with Crippen LogP contribution in [-0.4, -0.2) is 56.9 Å². The van der Waals surface area contributed by atoms with Crippen molar-refractivity contribution in [2.75, 3.05) is 13.1 Å². The minimum absolute atomic E-state index is 0.0511. The van der Waals surface area contributed by atoms with Crippen molar-refractivity contribution < 1.29 is 32.3 Å². The Hall–Kier alpha value is -3.43. The molecular formula is C22H21F4N3O3. The van der Waals surface area contributed by atoms with Gasteiger partial charge in [-0.2, -0.15) is 13.2 Å². The van der Waals surface area contributed by atoms with Crippen LogP contribution < -0.4 is 0 Å². The number of rotatable bonds is 4. The number of likely N-dealkylation sites (tertiary alicyclic amines) is 1. The Morgan fingerprint density at radius 2 is 1.84 bits per heavy atom. The van der Waals surface area contributed by atoms with Crippen molar-refractivity contribution in [1.82, 2.24) is 14.5 Å². The number of hydrogen-bond acceptors (Lipinski definition) is 3. The summed E-state index contributed by atoms with van der Waals surface area (Å²) >= 11 is 0. The minimum atomic E-state index is -5.08. The summed E-state index contributed by atoms with van der Waals surface area (Å²) in [6.45, 7) is 2.78. The number of nitrogens with zero attached hydrogens (tertiary/aromatic N) is 3. The van der Waals surface area contributed by atoms with Crippen LogP contribution in [0.3, 0.4) is 0 Å². The fraction of sp³-hybridized carbons (Fsp3) is 0.318. The highest BCUT2D eigenvalue weighted by Gasteiger charge is 2.38. The Kier molecular flexibility index (Phi) is 6.81. The van der Waals surface area contributed by atoms with E-state index >= 15 is 0 Å². The smallest absolute Gasteiger partial charge is 0.475 e. The van der Waals surface area contributed by atoms with Gasteiger partial charge in [0.05, 0.1) is 24.1 Å². The van der Waals surface area contributed by atoms with E-state index in [9.17, 15) is 22.4 Å². The molecule has 170 valence electrons. The molecule has 0 unspecified atom stereocenters. The summed E-state index contributed by atoms with van der Waals surface area (Å²) in [5, 5.41) is 7.12. The average Bonchev–Trinajstić information content (AvgIpc) is 3.13. The molecule has 1 saturated heterocycles. The SMILES string of the molecule is CCc1cccc(-c2cnc3ccn(CC(=O)N4CC(F)C4)c3c2)c1.O=C(O)C(F)(F)F. The van der Waals surface area contributed by atoms with Gasteiger partial charge in [0.15, 0.2) is 0 Å². The molecule has 0 radical (unpaired) electrons. The first-order valence-electron chi connectivity index (χ1n) is 9.84. The van der Waals surface area contributed by atoms with Gasteiger partial charge in [-0.3, -0.25) is 9.78 Å². The van der Waals surface area contributed by atoms with E-state index in [0.29, 0.717) is 0 Å². The summed E-state index contributed by atoms with van der Waals surface area (Å²) in [6.07, 6.45) is -1.23. The highest BCUT2D eigenvalue weighted by molar-refractivity contribution is 5.84. The molecule has 1 aliphatic rings. The maximum Gasteiger partial charge on any atom is 0.490 e. The number of carboxylic acids is 1. The molecule has 1 aromatic carbocycles. The summed E-state index contributed by atoms with van der Waals surface area (Å²) < 4.78 is 46.6. The van der Waals surface area contributed by atoms with Gasteiger partial charge in [0.1, 0.15) is 12.7 Å². The van der Waals surface area contributed by atoms with E-state index in [1.54, 1.807) is 4.90 Å². The highest BCUT2D eigenvalue weighted by atomic mass is 19.4. The van der Waals surface area contributed by atoms with Gasteiger partial charge < -0.3 is 14.6 Å². The summed E-state index contributed by atoms with van der Waals surface area (Å²) in [4.78, 5) is 27.2. The third-order valence-corrected chi connectivity index (χ3v) is 5.03. The average molecular weight is 451 g/mol. The molecule has 2 aromatic heterocycles. The molecule has 0 aliphatic carbocycles. The first-order valence-corrected chi connectivity index (χ1v) is 9.84. The lowest BCUT2D eigenvalue weighted by Crippen LogP contribution is -2.52. The Bertz CT molecular complexity index is 1120. The van der Waals surface area contributed by atoms with Gasteiger partial charge in [0.25, 0.3) is 0 Å². The number of aromatic nitrogens is 2. The molecule has 6 nitrogen and oxygen atoms in total. The van der Waals surface area contributed by atoms with Gasteiger partial charge in [-0.15, -0.1) is 0 Å². The van der Waals surface area contributed by atoms with Crippen molar-refractivity contribution in [3.63, 3.8) is 0 Å². The van der Waals surface area contributed by atoms with Crippen LogP contribution in [0.4, 0.5) is 17.6 Å². The zero-order valence-electron chi connectivity index (χ0n) is 17.1. The second-order valence-electron chi connectivity index (χ2n) is 7.32. The Balaban J connectivity index is 0.000000360. The Labute approximate surface area is 181 Å². The number of carbonyl (C=O) groups is 2. The summed E-state index contributed by atoms with van der Waals surface area (Å²) in [5.41, 5.74) is 5.21. The van der Waals surface area contributed by atoms with Gasteiger partial charge in [0, 0.05) is 18.0 Å². The standard InChI is InChI=1S/C20H20FN3O.C2HF3O2/c1-2-14-4-3-5-15(8-14)16-9-19-18(22-10-16)6-7-23(19)13-20(25)24-11-17(21)12-24;3-2(4,5)1(6)7/h3-10,17H,2,11-13H2,1H3;(H,6,7). The number of fused-ring (bicyclic) bond motifs is 1. The molecule has 0 bridgehead atoms. The quantitative estimate of drug-likeness (QED) is 0.607. The second kappa shape index (κ2) is 9.37. The minimum Gasteiger partial charge on any atom is -0.475 e. The van der Waals surface area contributed by atoms with E-state index in [-0.39, 0.29) is 25.5 Å². The first-order chi connectivity index (χ1) is 15.1. The number of halogens is 4. The van der Waals surface area contributed by atoms with Crippen LogP contribution in [0.25, 0.3) is 22.2 Å². The molecule has 1 N–H and O–H groups in total. The second-order valence-corrected chi connectivity index (χ2v) is 7.32. The van der Waals surface area contributed by atoms with Crippen LogP contribution in [0, 0.1) is 0 Å². The molecule has 0 spiro atoms. The van der Waals surface area contributed by atoms with Crippen molar-refractivity contribution in [3.05, 3.63) is 54.4 Å². The molecule has 0 atom stereocenters. The largest absolute Gasteiger partial charge is 0.490 e. The number of carbonyl (C=O) groups excluding carboxylic acids is 1. The molecule has 1 aliphatic heterocycles. The maximum atomic E-state index is 13.0. The van der Waals surface area contributed by atoms with Crippen LogP contribution in [0.2, 0.25) is 0 Å². The third-order valence-electron chi connectivity index (χ3n) is 5.03. The topological polar surface area (TPSA) is 75.4 Å². The number of alkyl halides is 4. The number of amides is 1. The molecule has 4 rings (SSSR count). The number of pyridine rings is 1. The number of carboxylic acid groups (broad SMARTS) is 1. The Morgan fingerprint density at radius 3 is 2.44 bits per heavy atom. The number of hydrogen-bond donors (Lipinski definition) is 1. The molecule has 1 amide bonds. The first kappa shape index (κ1) is 23.2. The van der Waals surface area contributed by atoms with Gasteiger partial charge in [0.2, 0.25) is 5.91 Å². The molecule has 0 saturated carbocycles. The fourth-order valence-electron chi connectivity index (χ4n) is 3.20. The maximum absolute atomic E-state index is 13.0. The van der Waals surface area contributed by atoms with Crippen LogP contribution in [0.5, 0.6) is 0 Å². The summed E-state index contributed by atoms with van der Waals surface area (Å²) in [5.74, 6) is -2.81. The molecule has 3 aromatic rings. The Morgan fingerprint density at radius 1 is 1.16 bits per heavy atom. The predicted octanol–water partition coefficient (Wildman–Crippen LogP) is 4.08. The van der Waals surface area contributed by atoms with Crippen molar-refractivity contribution in [2.24, 2.45) is 0 Å². The van der Waals surface area contributed by atoms with Gasteiger partial charge in [-0.1, -0.05) is 31.2 Å². The predicted molar refractivity (Wildman–Crippen MR) is 110 cm³/mol. The molecule has 32 heavy (non-hydrogen) atoms. The van der Waals surface area contributed by atoms with E-state index in [0.717, 1.165) is 28.6 Å². The molecule has 10 heteroatoms. The van der Waals surface area contributed by atoms with Gasteiger partial charge >= 0.3 is 12.1 Å². The fourth-order valence-corrected chi connectivity index (χ4v) is 3.20. The van der Waals surface area contributed by atoms with Crippen molar-refractivity contribution in [1.29, 1.82) is 0 Å². The summed E-state index contributed by atoms with van der Waals surface area (Å²) in [7, 11) is 0. The summed E-state index contributed by atoms with van der Waals surface area (Å²) in [6, 6.07) is 12.4. The normalized spacial score (nSPS) is 14.0. The van der Waals surface area contributed by atoms with Crippen molar-refractivity contribution in [3.8, 4) is 11.1 Å². The van der Waals surface area contributed by atoms with Gasteiger partial charge in [-0.05, 0) is 29.7 Å². The van der Waals surface area contributed by atoms with Crippen LogP contribution in [0.1, 0.15) is 12.5 Å². The van der Waals surface area contributed by atoms with E-state index in [1.165, 1.54) is 5.56 Å².